The number of anilines is 1. The lowest BCUT2D eigenvalue weighted by Gasteiger charge is -2.29. The molecule has 186 valence electrons. The quantitative estimate of drug-likeness (QED) is 0.398. The first-order valence-electron chi connectivity index (χ1n) is 12.3. The van der Waals surface area contributed by atoms with Crippen molar-refractivity contribution in [1.82, 2.24) is 4.90 Å². The Kier molecular flexibility index (Phi) is 9.39. The molecule has 0 bridgehead atoms. The third kappa shape index (κ3) is 7.49. The number of nitrogens with zero attached hydrogens (tertiary/aromatic N) is 2. The molecule has 1 heterocycles. The van der Waals surface area contributed by atoms with Crippen molar-refractivity contribution < 1.29 is 17.9 Å². The van der Waals surface area contributed by atoms with Gasteiger partial charge in [-0.15, -0.1) is 0 Å². The number of unbranched alkanes of at least 4 members (excludes halogenated alkanes) is 4. The number of benzene rings is 2. The van der Waals surface area contributed by atoms with Gasteiger partial charge in [-0.1, -0.05) is 44.7 Å². The van der Waals surface area contributed by atoms with Gasteiger partial charge in [0.25, 0.3) is 5.91 Å². The van der Waals surface area contributed by atoms with E-state index in [1.807, 2.05) is 55.4 Å². The summed E-state index contributed by atoms with van der Waals surface area (Å²) in [4.78, 5) is 17.2. The summed E-state index contributed by atoms with van der Waals surface area (Å²) in [5, 5.41) is 0. The number of sulfone groups is 1. The second-order valence-corrected chi connectivity index (χ2v) is 11.6. The highest BCUT2D eigenvalue weighted by molar-refractivity contribution is 7.91. The molecule has 0 spiro atoms. The zero-order valence-electron chi connectivity index (χ0n) is 20.7. The molecule has 0 saturated carbocycles. The summed E-state index contributed by atoms with van der Waals surface area (Å²) in [6.45, 7) is 3.25. The van der Waals surface area contributed by atoms with E-state index in [-0.39, 0.29) is 23.5 Å². The second-order valence-electron chi connectivity index (χ2n) is 9.34. The number of rotatable bonds is 12. The van der Waals surface area contributed by atoms with E-state index in [0.29, 0.717) is 25.1 Å². The fourth-order valence-corrected chi connectivity index (χ4v) is 5.97. The monoisotopic (exact) mass is 486 g/mol. The third-order valence-corrected chi connectivity index (χ3v) is 8.08. The average Bonchev–Trinajstić information content (AvgIpc) is 3.19. The molecule has 34 heavy (non-hydrogen) atoms. The van der Waals surface area contributed by atoms with Crippen molar-refractivity contribution in [2.75, 3.05) is 37.1 Å². The van der Waals surface area contributed by atoms with Crippen molar-refractivity contribution in [2.24, 2.45) is 0 Å². The maximum absolute atomic E-state index is 13.5. The Morgan fingerprint density at radius 1 is 0.971 bits per heavy atom. The third-order valence-electron chi connectivity index (χ3n) is 6.33. The largest absolute Gasteiger partial charge is 0.494 e. The lowest BCUT2D eigenvalue weighted by molar-refractivity contribution is 0.0681. The Hall–Kier alpha value is -2.54. The van der Waals surface area contributed by atoms with Crippen molar-refractivity contribution in [3.8, 4) is 5.75 Å². The highest BCUT2D eigenvalue weighted by Crippen LogP contribution is 2.24. The van der Waals surface area contributed by atoms with Gasteiger partial charge in [0.15, 0.2) is 9.84 Å². The molecule has 0 N–H and O–H groups in total. The molecule has 1 amide bonds. The van der Waals surface area contributed by atoms with Crippen molar-refractivity contribution in [1.29, 1.82) is 0 Å². The van der Waals surface area contributed by atoms with Crippen molar-refractivity contribution in [3.63, 3.8) is 0 Å². The minimum Gasteiger partial charge on any atom is -0.494 e. The zero-order chi connectivity index (χ0) is 24.6. The topological polar surface area (TPSA) is 66.9 Å². The van der Waals surface area contributed by atoms with Crippen LogP contribution in [0.3, 0.4) is 0 Å². The summed E-state index contributed by atoms with van der Waals surface area (Å²) in [5.41, 5.74) is 2.60. The van der Waals surface area contributed by atoms with Gasteiger partial charge in [0.2, 0.25) is 0 Å². The zero-order valence-corrected chi connectivity index (χ0v) is 21.5. The van der Waals surface area contributed by atoms with Gasteiger partial charge >= 0.3 is 0 Å². The number of carbonyl (C=O) groups is 1. The van der Waals surface area contributed by atoms with E-state index >= 15 is 0 Å². The molecule has 0 aliphatic carbocycles. The summed E-state index contributed by atoms with van der Waals surface area (Å²) in [5.74, 6) is 0.756. The fraction of sp³-hybridized carbons (Fsp3) is 0.519. The number of hydrogen-bond acceptors (Lipinski definition) is 5. The minimum atomic E-state index is -3.11. The number of carbonyl (C=O) groups excluding carboxylic acids is 1. The predicted octanol–water partition coefficient (Wildman–Crippen LogP) is 4.93. The molecule has 0 radical (unpaired) electrons. The van der Waals surface area contributed by atoms with Crippen LogP contribution in [0.1, 0.15) is 61.4 Å². The molecule has 2 aromatic rings. The molecule has 0 aromatic heterocycles. The van der Waals surface area contributed by atoms with Crippen LogP contribution in [0.15, 0.2) is 48.5 Å². The molecular weight excluding hydrogens is 448 g/mol. The van der Waals surface area contributed by atoms with E-state index < -0.39 is 9.84 Å². The standard InChI is InChI=1S/C27H38N2O4S/c1-4-5-6-7-8-18-33-26-15-11-23(12-16-26)27(30)29(25-17-19-34(31,32)21-25)20-22-9-13-24(14-10-22)28(2)3/h9-16,25H,4-8,17-21H2,1-3H3/t25-/m1/s1. The maximum atomic E-state index is 13.5. The highest BCUT2D eigenvalue weighted by Gasteiger charge is 2.35. The van der Waals surface area contributed by atoms with Crippen LogP contribution in [-0.4, -0.2) is 57.5 Å². The van der Waals surface area contributed by atoms with Gasteiger partial charge < -0.3 is 14.5 Å². The Bertz CT molecular complexity index is 1020. The van der Waals surface area contributed by atoms with E-state index in [1.54, 1.807) is 17.0 Å². The lowest BCUT2D eigenvalue weighted by atomic mass is 10.1. The van der Waals surface area contributed by atoms with Gasteiger partial charge in [0.05, 0.1) is 18.1 Å². The van der Waals surface area contributed by atoms with Crippen LogP contribution < -0.4 is 9.64 Å². The summed E-state index contributed by atoms with van der Waals surface area (Å²) < 4.78 is 30.1. The van der Waals surface area contributed by atoms with E-state index in [4.69, 9.17) is 4.74 Å². The summed E-state index contributed by atoms with van der Waals surface area (Å²) in [7, 11) is 0.848. The van der Waals surface area contributed by atoms with Gasteiger partial charge in [-0.05, 0) is 54.8 Å². The molecule has 6 nitrogen and oxygen atoms in total. The van der Waals surface area contributed by atoms with Crippen molar-refractivity contribution in [2.45, 2.75) is 58.0 Å². The van der Waals surface area contributed by atoms with E-state index in [1.165, 1.54) is 25.7 Å². The molecule has 2 aromatic carbocycles. The summed E-state index contributed by atoms with van der Waals surface area (Å²) in [6, 6.07) is 14.9. The molecule has 1 fully saturated rings. The van der Waals surface area contributed by atoms with Gasteiger partial charge in [-0.25, -0.2) is 8.42 Å². The highest BCUT2D eigenvalue weighted by atomic mass is 32.2. The molecule has 0 unspecified atom stereocenters. The molecule has 3 rings (SSSR count). The van der Waals surface area contributed by atoms with E-state index in [9.17, 15) is 13.2 Å². The predicted molar refractivity (Wildman–Crippen MR) is 138 cm³/mol. The molecule has 1 atom stereocenters. The molecular formula is C27H38N2O4S. The SMILES string of the molecule is CCCCCCCOc1ccc(C(=O)N(Cc2ccc(N(C)C)cc2)[C@@H]2CCS(=O)(=O)C2)cc1. The van der Waals surface area contributed by atoms with Crippen LogP contribution in [0.25, 0.3) is 0 Å². The van der Waals surface area contributed by atoms with Crippen LogP contribution in [0.4, 0.5) is 5.69 Å². The fourth-order valence-electron chi connectivity index (χ4n) is 4.24. The first-order chi connectivity index (χ1) is 16.3. The maximum Gasteiger partial charge on any atom is 0.254 e. The van der Waals surface area contributed by atoms with Crippen molar-refractivity contribution >= 4 is 21.4 Å². The Morgan fingerprint density at radius 2 is 1.65 bits per heavy atom. The van der Waals surface area contributed by atoms with Gasteiger partial charge in [-0.2, -0.15) is 0 Å². The first-order valence-corrected chi connectivity index (χ1v) is 14.1. The van der Waals surface area contributed by atoms with Gasteiger partial charge in [-0.3, -0.25) is 4.79 Å². The van der Waals surface area contributed by atoms with Crippen LogP contribution in [-0.2, 0) is 16.4 Å². The van der Waals surface area contributed by atoms with Gasteiger partial charge in [0.1, 0.15) is 5.75 Å². The lowest BCUT2D eigenvalue weighted by Crippen LogP contribution is -2.40. The van der Waals surface area contributed by atoms with E-state index in [0.717, 1.165) is 23.4 Å². The van der Waals surface area contributed by atoms with Crippen LogP contribution in [0.5, 0.6) is 5.75 Å². The summed E-state index contributed by atoms with van der Waals surface area (Å²) >= 11 is 0. The van der Waals surface area contributed by atoms with Crippen LogP contribution in [0, 0.1) is 0 Å². The van der Waals surface area contributed by atoms with Crippen LogP contribution >= 0.6 is 0 Å². The molecule has 1 saturated heterocycles. The minimum absolute atomic E-state index is 0.0216. The Balaban J connectivity index is 1.68. The molecule has 7 heteroatoms. The van der Waals surface area contributed by atoms with Gasteiger partial charge in [0, 0.05) is 37.9 Å². The Morgan fingerprint density at radius 3 is 2.24 bits per heavy atom. The average molecular weight is 487 g/mol. The second kappa shape index (κ2) is 12.2. The van der Waals surface area contributed by atoms with E-state index in [2.05, 4.69) is 6.92 Å². The van der Waals surface area contributed by atoms with Crippen LogP contribution in [0.2, 0.25) is 0 Å². The molecule has 1 aliphatic rings. The Labute approximate surface area is 204 Å². The molecule has 1 aliphatic heterocycles. The number of amides is 1. The summed E-state index contributed by atoms with van der Waals surface area (Å²) in [6.07, 6.45) is 6.38. The van der Waals surface area contributed by atoms with Crippen molar-refractivity contribution in [3.05, 3.63) is 59.7 Å². The smallest absolute Gasteiger partial charge is 0.254 e. The normalized spacial score (nSPS) is 16.9. The first kappa shape index (κ1) is 26.1. The number of hydrogen-bond donors (Lipinski definition) is 0. The number of ether oxygens (including phenoxy) is 1.